The SMILES string of the molecule is CSC1=NNC2NN=C(C)C2=N1. The normalized spacial score (nSPS) is 26.2. The Bertz CT molecular complexity index is 292. The van der Waals surface area contributed by atoms with E-state index in [9.17, 15) is 0 Å². The standard InChI is InChI=1S/C6H9N5S/c1-3-4-5(9-8-3)10-11-6(7-4)12-2/h5,9-10H,1-2H3. The van der Waals surface area contributed by atoms with Crippen LogP contribution < -0.4 is 10.9 Å². The summed E-state index contributed by atoms with van der Waals surface area (Å²) in [6.07, 6.45) is 1.92. The molecule has 0 aromatic carbocycles. The molecule has 64 valence electrons. The van der Waals surface area contributed by atoms with Gasteiger partial charge in [-0.05, 0) is 13.2 Å². The van der Waals surface area contributed by atoms with Crippen molar-refractivity contribution >= 4 is 28.4 Å². The van der Waals surface area contributed by atoms with Crippen molar-refractivity contribution in [3.05, 3.63) is 0 Å². The summed E-state index contributed by atoms with van der Waals surface area (Å²) in [5, 5.41) is 8.82. The molecule has 0 fully saturated rings. The number of hydrogen-bond donors (Lipinski definition) is 2. The van der Waals surface area contributed by atoms with Crippen LogP contribution in [0.25, 0.3) is 0 Å². The zero-order valence-corrected chi connectivity index (χ0v) is 7.64. The van der Waals surface area contributed by atoms with E-state index in [1.54, 1.807) is 0 Å². The summed E-state index contributed by atoms with van der Waals surface area (Å²) in [4.78, 5) is 4.32. The van der Waals surface area contributed by atoms with Crippen LogP contribution in [-0.4, -0.2) is 29.0 Å². The van der Waals surface area contributed by atoms with Gasteiger partial charge in [-0.25, -0.2) is 4.99 Å². The Kier molecular flexibility index (Phi) is 1.76. The molecule has 2 rings (SSSR count). The van der Waals surface area contributed by atoms with Crippen molar-refractivity contribution in [3.8, 4) is 0 Å². The molecule has 0 aromatic heterocycles. The van der Waals surface area contributed by atoms with Gasteiger partial charge in [-0.2, -0.15) is 10.2 Å². The Hall–Kier alpha value is -1.04. The minimum Gasteiger partial charge on any atom is -0.280 e. The smallest absolute Gasteiger partial charge is 0.206 e. The van der Waals surface area contributed by atoms with Crippen LogP contribution in [0.5, 0.6) is 0 Å². The monoisotopic (exact) mass is 183 g/mol. The predicted molar refractivity (Wildman–Crippen MR) is 51.6 cm³/mol. The lowest BCUT2D eigenvalue weighted by Crippen LogP contribution is -2.43. The first kappa shape index (κ1) is 7.60. The molecule has 0 aliphatic carbocycles. The second-order valence-electron chi connectivity index (χ2n) is 2.48. The van der Waals surface area contributed by atoms with E-state index in [2.05, 4.69) is 26.0 Å². The van der Waals surface area contributed by atoms with Gasteiger partial charge >= 0.3 is 0 Å². The first-order valence-electron chi connectivity index (χ1n) is 3.57. The van der Waals surface area contributed by atoms with Crippen molar-refractivity contribution in [1.82, 2.24) is 10.9 Å². The molecule has 2 heterocycles. The van der Waals surface area contributed by atoms with Crippen LogP contribution in [0.3, 0.4) is 0 Å². The number of thioether (sulfide) groups is 1. The van der Waals surface area contributed by atoms with Gasteiger partial charge in [-0.15, -0.1) is 0 Å². The second-order valence-corrected chi connectivity index (χ2v) is 3.26. The summed E-state index contributed by atoms with van der Waals surface area (Å²) < 4.78 is 0. The fourth-order valence-electron chi connectivity index (χ4n) is 1.06. The van der Waals surface area contributed by atoms with Gasteiger partial charge in [0, 0.05) is 0 Å². The maximum Gasteiger partial charge on any atom is 0.206 e. The highest BCUT2D eigenvalue weighted by atomic mass is 32.2. The molecule has 12 heavy (non-hydrogen) atoms. The summed E-state index contributed by atoms with van der Waals surface area (Å²) in [5.41, 5.74) is 7.67. The van der Waals surface area contributed by atoms with E-state index in [4.69, 9.17) is 0 Å². The molecule has 0 saturated carbocycles. The summed E-state index contributed by atoms with van der Waals surface area (Å²) >= 11 is 1.51. The quantitative estimate of drug-likeness (QED) is 0.554. The number of amidine groups is 1. The first-order valence-corrected chi connectivity index (χ1v) is 4.79. The molecule has 2 aliphatic heterocycles. The molecule has 0 bridgehead atoms. The predicted octanol–water partition coefficient (Wildman–Crippen LogP) is -0.0302. The molecule has 0 saturated heterocycles. The van der Waals surface area contributed by atoms with Crippen LogP contribution in [0.15, 0.2) is 15.2 Å². The Balaban J connectivity index is 2.28. The second kappa shape index (κ2) is 2.78. The summed E-state index contributed by atoms with van der Waals surface area (Å²) in [7, 11) is 0. The van der Waals surface area contributed by atoms with E-state index in [0.29, 0.717) is 0 Å². The van der Waals surface area contributed by atoms with Gasteiger partial charge in [0.05, 0.1) is 5.71 Å². The molecule has 0 amide bonds. The van der Waals surface area contributed by atoms with E-state index >= 15 is 0 Å². The fourth-order valence-corrected chi connectivity index (χ4v) is 1.40. The average molecular weight is 183 g/mol. The Morgan fingerprint density at radius 2 is 2.08 bits per heavy atom. The number of nitrogens with one attached hydrogen (secondary N) is 2. The summed E-state index contributed by atoms with van der Waals surface area (Å²) in [5.74, 6) is 0. The number of fused-ring (bicyclic) bond motifs is 1. The maximum atomic E-state index is 4.32. The number of aliphatic imine (C=N–C) groups is 1. The van der Waals surface area contributed by atoms with Gasteiger partial charge in [-0.3, -0.25) is 10.9 Å². The molecule has 2 aliphatic rings. The lowest BCUT2D eigenvalue weighted by atomic mass is 10.2. The third-order valence-electron chi connectivity index (χ3n) is 1.69. The highest BCUT2D eigenvalue weighted by Crippen LogP contribution is 2.09. The molecule has 0 radical (unpaired) electrons. The topological polar surface area (TPSA) is 61.1 Å². The first-order chi connectivity index (χ1) is 5.81. The maximum absolute atomic E-state index is 4.32. The van der Waals surface area contributed by atoms with Crippen molar-refractivity contribution < 1.29 is 0 Å². The molecule has 2 N–H and O–H groups in total. The molecular formula is C6H9N5S. The Labute approximate surface area is 74.4 Å². The molecule has 5 nitrogen and oxygen atoms in total. The third kappa shape index (κ3) is 1.08. The molecule has 6 heteroatoms. The van der Waals surface area contributed by atoms with E-state index in [1.165, 1.54) is 11.8 Å². The van der Waals surface area contributed by atoms with Crippen LogP contribution in [-0.2, 0) is 0 Å². The van der Waals surface area contributed by atoms with E-state index < -0.39 is 0 Å². The Morgan fingerprint density at radius 3 is 2.83 bits per heavy atom. The highest BCUT2D eigenvalue weighted by molar-refractivity contribution is 8.13. The largest absolute Gasteiger partial charge is 0.280 e. The van der Waals surface area contributed by atoms with E-state index in [1.807, 2.05) is 13.2 Å². The number of nitrogens with zero attached hydrogens (tertiary/aromatic N) is 3. The lowest BCUT2D eigenvalue weighted by Gasteiger charge is -2.15. The van der Waals surface area contributed by atoms with Crippen LogP contribution in [0.1, 0.15) is 6.92 Å². The van der Waals surface area contributed by atoms with Gasteiger partial charge in [0.25, 0.3) is 0 Å². The van der Waals surface area contributed by atoms with Crippen molar-refractivity contribution in [2.24, 2.45) is 15.2 Å². The van der Waals surface area contributed by atoms with Crippen LogP contribution >= 0.6 is 11.8 Å². The number of hydrogen-bond acceptors (Lipinski definition) is 6. The number of hydrazone groups is 2. The zero-order valence-electron chi connectivity index (χ0n) is 6.83. The molecule has 0 spiro atoms. The molecule has 1 atom stereocenters. The Morgan fingerprint density at radius 1 is 1.33 bits per heavy atom. The van der Waals surface area contributed by atoms with Crippen LogP contribution in [0.4, 0.5) is 0 Å². The summed E-state index contributed by atoms with van der Waals surface area (Å²) in [6, 6.07) is 0. The fraction of sp³-hybridized carbons (Fsp3) is 0.500. The van der Waals surface area contributed by atoms with Crippen molar-refractivity contribution in [1.29, 1.82) is 0 Å². The van der Waals surface area contributed by atoms with Gasteiger partial charge in [-0.1, -0.05) is 11.8 Å². The minimum atomic E-state index is -0.0269. The molecule has 1 unspecified atom stereocenters. The van der Waals surface area contributed by atoms with E-state index in [0.717, 1.165) is 16.6 Å². The molecule has 0 aromatic rings. The van der Waals surface area contributed by atoms with Gasteiger partial charge in [0.15, 0.2) is 6.17 Å². The number of rotatable bonds is 0. The van der Waals surface area contributed by atoms with Crippen molar-refractivity contribution in [3.63, 3.8) is 0 Å². The van der Waals surface area contributed by atoms with Crippen molar-refractivity contribution in [2.75, 3.05) is 6.26 Å². The van der Waals surface area contributed by atoms with Gasteiger partial charge < -0.3 is 0 Å². The minimum absolute atomic E-state index is 0.0269. The van der Waals surface area contributed by atoms with Crippen molar-refractivity contribution in [2.45, 2.75) is 13.1 Å². The van der Waals surface area contributed by atoms with Gasteiger partial charge in [0.1, 0.15) is 5.71 Å². The van der Waals surface area contributed by atoms with E-state index in [-0.39, 0.29) is 6.17 Å². The third-order valence-corrected chi connectivity index (χ3v) is 2.24. The average Bonchev–Trinajstić information content (AvgIpc) is 2.47. The highest BCUT2D eigenvalue weighted by Gasteiger charge is 2.26. The van der Waals surface area contributed by atoms with Gasteiger partial charge in [0.2, 0.25) is 5.17 Å². The molecular weight excluding hydrogens is 174 g/mol. The van der Waals surface area contributed by atoms with Crippen LogP contribution in [0, 0.1) is 0 Å². The lowest BCUT2D eigenvalue weighted by molar-refractivity contribution is 0.565. The zero-order chi connectivity index (χ0) is 8.55. The summed E-state index contributed by atoms with van der Waals surface area (Å²) in [6.45, 7) is 1.93. The van der Waals surface area contributed by atoms with Crippen LogP contribution in [0.2, 0.25) is 0 Å².